The van der Waals surface area contributed by atoms with E-state index >= 15 is 0 Å². The van der Waals surface area contributed by atoms with Crippen LogP contribution < -0.4 is 36.1 Å². The molecule has 0 fully saturated rings. The van der Waals surface area contributed by atoms with Crippen LogP contribution in [0.5, 0.6) is 11.5 Å². The molecule has 0 aliphatic carbocycles. The Labute approximate surface area is 202 Å². The van der Waals surface area contributed by atoms with Gasteiger partial charge in [0, 0.05) is 25.7 Å². The molecule has 0 unspecified atom stereocenters. The normalized spacial score (nSPS) is 11.7. The number of nitrogens with one attached hydrogen (secondary N) is 2. The number of aromatic amines is 1. The number of amides is 1. The number of carbonyl (C=O) groups excluding carboxylic acids is 2. The molecule has 35 heavy (non-hydrogen) atoms. The maximum absolute atomic E-state index is 13.2. The summed E-state index contributed by atoms with van der Waals surface area (Å²) in [6.07, 6.45) is 2.26. The van der Waals surface area contributed by atoms with Crippen molar-refractivity contribution in [1.82, 2.24) is 4.98 Å². The van der Waals surface area contributed by atoms with Crippen molar-refractivity contribution in [1.29, 1.82) is 0 Å². The van der Waals surface area contributed by atoms with E-state index in [2.05, 4.69) is 14.7 Å². The SMILES string of the molecule is COc1ccc(OC)c(S(=O)(=O)Nc2c(N(C(C)=O)[C@H](C=O)CCCN=C(N)N)cc[nH]c2=O)c1. The number of ether oxygens (including phenoxy) is 2. The smallest absolute Gasteiger partial charge is 0.274 e. The summed E-state index contributed by atoms with van der Waals surface area (Å²) in [5, 5.41) is 0. The molecule has 0 saturated carbocycles. The molecule has 1 amide bonds. The number of carbonyl (C=O) groups is 2. The van der Waals surface area contributed by atoms with E-state index in [1.54, 1.807) is 0 Å². The molecule has 2 aromatic rings. The van der Waals surface area contributed by atoms with Crippen LogP contribution in [0.25, 0.3) is 0 Å². The number of sulfonamides is 1. The van der Waals surface area contributed by atoms with E-state index < -0.39 is 33.2 Å². The van der Waals surface area contributed by atoms with Crippen LogP contribution >= 0.6 is 0 Å². The fraction of sp³-hybridized carbons (Fsp3) is 0.333. The molecule has 0 saturated heterocycles. The number of aromatic nitrogens is 1. The molecule has 1 aromatic carbocycles. The number of hydrogen-bond donors (Lipinski definition) is 4. The van der Waals surface area contributed by atoms with Crippen LogP contribution in [-0.2, 0) is 19.6 Å². The van der Waals surface area contributed by atoms with Crippen molar-refractivity contribution >= 4 is 39.6 Å². The van der Waals surface area contributed by atoms with Gasteiger partial charge in [0.05, 0.1) is 25.9 Å². The molecule has 0 radical (unpaired) electrons. The number of pyridine rings is 1. The maximum atomic E-state index is 13.2. The quantitative estimate of drug-likeness (QED) is 0.133. The molecule has 13 nitrogen and oxygen atoms in total. The number of nitrogens with zero attached hydrogens (tertiary/aromatic N) is 2. The van der Waals surface area contributed by atoms with Crippen LogP contribution in [0.15, 0.2) is 45.1 Å². The lowest BCUT2D eigenvalue weighted by molar-refractivity contribution is -0.119. The first-order valence-electron chi connectivity index (χ1n) is 10.3. The summed E-state index contributed by atoms with van der Waals surface area (Å²) in [7, 11) is -1.75. The minimum Gasteiger partial charge on any atom is -0.497 e. The molecule has 14 heteroatoms. The van der Waals surface area contributed by atoms with Gasteiger partial charge in [0.2, 0.25) is 5.91 Å². The minimum absolute atomic E-state index is 0.00105. The highest BCUT2D eigenvalue weighted by Crippen LogP contribution is 2.32. The van der Waals surface area contributed by atoms with E-state index in [-0.39, 0.29) is 41.0 Å². The Morgan fingerprint density at radius 3 is 2.54 bits per heavy atom. The Kier molecular flexibility index (Phi) is 9.22. The van der Waals surface area contributed by atoms with E-state index in [0.29, 0.717) is 12.7 Å². The average molecular weight is 509 g/mol. The van der Waals surface area contributed by atoms with Crippen molar-refractivity contribution in [2.24, 2.45) is 16.5 Å². The van der Waals surface area contributed by atoms with Crippen LogP contribution in [0.1, 0.15) is 19.8 Å². The molecule has 6 N–H and O–H groups in total. The number of hydrogen-bond acceptors (Lipinski definition) is 8. The van der Waals surface area contributed by atoms with Gasteiger partial charge in [-0.25, -0.2) is 8.42 Å². The van der Waals surface area contributed by atoms with E-state index in [4.69, 9.17) is 20.9 Å². The number of anilines is 2. The summed E-state index contributed by atoms with van der Waals surface area (Å²) < 4.78 is 39.0. The van der Waals surface area contributed by atoms with Gasteiger partial charge in [0.25, 0.3) is 15.6 Å². The van der Waals surface area contributed by atoms with Crippen LogP contribution in [0.2, 0.25) is 0 Å². The number of rotatable bonds is 12. The first-order valence-corrected chi connectivity index (χ1v) is 11.8. The van der Waals surface area contributed by atoms with E-state index in [9.17, 15) is 22.8 Å². The highest BCUT2D eigenvalue weighted by molar-refractivity contribution is 7.92. The van der Waals surface area contributed by atoms with Crippen molar-refractivity contribution < 1.29 is 27.5 Å². The predicted octanol–water partition coefficient (Wildman–Crippen LogP) is 0.167. The summed E-state index contributed by atoms with van der Waals surface area (Å²) in [4.78, 5) is 44.1. The van der Waals surface area contributed by atoms with Gasteiger partial charge >= 0.3 is 0 Å². The number of aldehydes is 1. The Morgan fingerprint density at radius 2 is 1.97 bits per heavy atom. The van der Waals surface area contributed by atoms with Gasteiger partial charge in [-0.15, -0.1) is 0 Å². The fourth-order valence-electron chi connectivity index (χ4n) is 3.30. The van der Waals surface area contributed by atoms with Crippen molar-refractivity contribution in [3.8, 4) is 11.5 Å². The fourth-order valence-corrected chi connectivity index (χ4v) is 4.56. The zero-order valence-corrected chi connectivity index (χ0v) is 20.3. The summed E-state index contributed by atoms with van der Waals surface area (Å²) in [5.41, 5.74) is 9.20. The van der Waals surface area contributed by atoms with Crippen molar-refractivity contribution in [3.63, 3.8) is 0 Å². The molecule has 190 valence electrons. The van der Waals surface area contributed by atoms with Gasteiger partial charge in [0.15, 0.2) is 5.96 Å². The highest BCUT2D eigenvalue weighted by Gasteiger charge is 2.29. The monoisotopic (exact) mass is 508 g/mol. The van der Waals surface area contributed by atoms with Gasteiger partial charge in [0.1, 0.15) is 28.4 Å². The molecule has 2 rings (SSSR count). The number of H-pyrrole nitrogens is 1. The van der Waals surface area contributed by atoms with Gasteiger partial charge < -0.3 is 35.6 Å². The molecule has 0 bridgehead atoms. The van der Waals surface area contributed by atoms with Gasteiger partial charge in [-0.1, -0.05) is 0 Å². The second kappa shape index (κ2) is 11.9. The van der Waals surface area contributed by atoms with E-state index in [1.807, 2.05) is 0 Å². The first-order chi connectivity index (χ1) is 16.5. The molecule has 1 aromatic heterocycles. The molecular weight excluding hydrogens is 480 g/mol. The first kappa shape index (κ1) is 27.2. The standard InChI is InChI=1S/C21H28N6O7S/c1-13(29)27(14(12-28)5-4-9-25-21(22)23)16-8-10-24-20(30)19(16)26-35(31,32)18-11-15(33-2)6-7-17(18)34-3/h6-8,10-12,14,26H,4-5,9H2,1-3H3,(H,24,30)(H4,22,23,25)/t14-/m0/s1. The predicted molar refractivity (Wildman–Crippen MR) is 130 cm³/mol. The third-order valence-electron chi connectivity index (χ3n) is 4.88. The van der Waals surface area contributed by atoms with Gasteiger partial charge in [-0.05, 0) is 31.0 Å². The third kappa shape index (κ3) is 6.72. The number of methoxy groups -OCH3 is 2. The van der Waals surface area contributed by atoms with Crippen LogP contribution in [0.4, 0.5) is 11.4 Å². The molecule has 1 atom stereocenters. The van der Waals surface area contributed by atoms with E-state index in [1.165, 1.54) is 51.6 Å². The van der Waals surface area contributed by atoms with Crippen LogP contribution in [0.3, 0.4) is 0 Å². The largest absolute Gasteiger partial charge is 0.497 e. The summed E-state index contributed by atoms with van der Waals surface area (Å²) in [5.74, 6) is -0.467. The topological polar surface area (TPSA) is 199 Å². The zero-order valence-electron chi connectivity index (χ0n) is 19.5. The lowest BCUT2D eigenvalue weighted by Crippen LogP contribution is -2.41. The minimum atomic E-state index is -4.40. The van der Waals surface area contributed by atoms with Crippen molar-refractivity contribution in [3.05, 3.63) is 40.8 Å². The summed E-state index contributed by atoms with van der Waals surface area (Å²) in [6.45, 7) is 1.40. The van der Waals surface area contributed by atoms with Crippen molar-refractivity contribution in [2.45, 2.75) is 30.7 Å². The van der Waals surface area contributed by atoms with E-state index in [0.717, 1.165) is 4.90 Å². The Morgan fingerprint density at radius 1 is 1.26 bits per heavy atom. The molecule has 1 heterocycles. The molecule has 0 spiro atoms. The maximum Gasteiger partial charge on any atom is 0.274 e. The molecule has 0 aliphatic heterocycles. The highest BCUT2D eigenvalue weighted by atomic mass is 32.2. The average Bonchev–Trinajstić information content (AvgIpc) is 2.81. The van der Waals surface area contributed by atoms with Gasteiger partial charge in [-0.2, -0.15) is 0 Å². The lowest BCUT2D eigenvalue weighted by atomic mass is 10.1. The third-order valence-corrected chi connectivity index (χ3v) is 6.25. The number of nitrogens with two attached hydrogens (primary N) is 2. The summed E-state index contributed by atoms with van der Waals surface area (Å²) >= 11 is 0. The van der Waals surface area contributed by atoms with Gasteiger partial charge in [-0.3, -0.25) is 19.3 Å². The van der Waals surface area contributed by atoms with Crippen LogP contribution in [-0.4, -0.2) is 58.4 Å². The Balaban J connectivity index is 2.53. The number of guanidine groups is 1. The number of aliphatic imine (C=N–C) groups is 1. The second-order valence-corrected chi connectivity index (χ2v) is 8.88. The lowest BCUT2D eigenvalue weighted by Gasteiger charge is -2.28. The molecular formula is C21H28N6O7S. The molecule has 0 aliphatic rings. The summed E-state index contributed by atoms with van der Waals surface area (Å²) in [6, 6.07) is 4.42. The van der Waals surface area contributed by atoms with Crippen LogP contribution in [0, 0.1) is 0 Å². The number of benzene rings is 1. The Hall–Kier alpha value is -4.07. The van der Waals surface area contributed by atoms with Crippen molar-refractivity contribution in [2.75, 3.05) is 30.4 Å². The Bertz CT molecular complexity index is 1260. The second-order valence-electron chi connectivity index (χ2n) is 7.23. The zero-order chi connectivity index (χ0) is 26.2.